The maximum atomic E-state index is 13.0. The highest BCUT2D eigenvalue weighted by molar-refractivity contribution is 7.89. The molecule has 1 saturated heterocycles. The number of nitrogens with two attached hydrogens (primary N) is 2. The van der Waals surface area contributed by atoms with Crippen molar-refractivity contribution in [1.82, 2.24) is 4.90 Å². The van der Waals surface area contributed by atoms with Crippen LogP contribution in [-0.4, -0.2) is 44.3 Å². The average Bonchev–Trinajstić information content (AvgIpc) is 3.28. The molecule has 4 rings (SSSR count). The monoisotopic (exact) mass is 520 g/mol. The van der Waals surface area contributed by atoms with Gasteiger partial charge in [-0.05, 0) is 42.7 Å². The Morgan fingerprint density at radius 2 is 1.76 bits per heavy atom. The van der Waals surface area contributed by atoms with Gasteiger partial charge in [-0.3, -0.25) is 15.1 Å². The van der Waals surface area contributed by atoms with E-state index in [0.717, 1.165) is 16.7 Å². The van der Waals surface area contributed by atoms with E-state index in [1.54, 1.807) is 24.3 Å². The van der Waals surface area contributed by atoms with Crippen LogP contribution in [0.4, 0.5) is 0 Å². The molecule has 3 aromatic carbocycles. The molecule has 2 atom stereocenters. The van der Waals surface area contributed by atoms with Crippen molar-refractivity contribution in [1.29, 1.82) is 5.41 Å². The number of nitrogens with one attached hydrogen (secondary N) is 1. The first-order chi connectivity index (χ1) is 17.5. The van der Waals surface area contributed by atoms with Gasteiger partial charge in [-0.15, -0.1) is 0 Å². The zero-order valence-electron chi connectivity index (χ0n) is 20.9. The minimum atomic E-state index is -3.85. The zero-order valence-corrected chi connectivity index (χ0v) is 21.7. The fourth-order valence-corrected chi connectivity index (χ4v) is 5.61. The molecule has 8 nitrogen and oxygen atoms in total. The minimum absolute atomic E-state index is 0.0119. The molecule has 5 N–H and O–H groups in total. The van der Waals surface area contributed by atoms with E-state index < -0.39 is 10.0 Å². The molecule has 0 saturated carbocycles. The Morgan fingerprint density at radius 3 is 2.41 bits per heavy atom. The molecule has 0 aromatic heterocycles. The van der Waals surface area contributed by atoms with Crippen LogP contribution < -0.4 is 10.9 Å². The third-order valence-electron chi connectivity index (χ3n) is 6.54. The lowest BCUT2D eigenvalue weighted by Gasteiger charge is -2.19. The summed E-state index contributed by atoms with van der Waals surface area (Å²) >= 11 is 0. The first kappa shape index (κ1) is 26.5. The van der Waals surface area contributed by atoms with Gasteiger partial charge in [0.2, 0.25) is 10.0 Å². The number of likely N-dealkylation sites (tertiary alicyclic amines) is 1. The SMILES string of the molecule is CC(C)OC(=O)[C@H]1CN(Cc2ccc(-c3ccccc3S(N)(=O)=O)cc2)C[C@@H]1c1cccc(C(=N)N)c1. The lowest BCUT2D eigenvalue weighted by molar-refractivity contribution is -0.152. The molecule has 0 amide bonds. The van der Waals surface area contributed by atoms with Gasteiger partial charge in [0, 0.05) is 36.7 Å². The third-order valence-corrected chi connectivity index (χ3v) is 7.51. The molecule has 1 aliphatic heterocycles. The number of nitrogen functional groups attached to an aromatic ring is 1. The van der Waals surface area contributed by atoms with Crippen molar-refractivity contribution in [2.45, 2.75) is 37.3 Å². The van der Waals surface area contributed by atoms with Crippen LogP contribution >= 0.6 is 0 Å². The van der Waals surface area contributed by atoms with Crippen LogP contribution in [0, 0.1) is 11.3 Å². The number of benzene rings is 3. The number of carbonyl (C=O) groups excluding carboxylic acids is 1. The van der Waals surface area contributed by atoms with Crippen molar-refractivity contribution in [2.24, 2.45) is 16.8 Å². The van der Waals surface area contributed by atoms with Crippen molar-refractivity contribution >= 4 is 21.8 Å². The highest BCUT2D eigenvalue weighted by Crippen LogP contribution is 2.35. The number of nitrogens with zero attached hydrogens (tertiary/aromatic N) is 1. The molecule has 3 aromatic rings. The Kier molecular flexibility index (Phi) is 7.77. The van der Waals surface area contributed by atoms with Gasteiger partial charge in [-0.25, -0.2) is 13.6 Å². The summed E-state index contributed by atoms with van der Waals surface area (Å²) in [6.07, 6.45) is -0.210. The van der Waals surface area contributed by atoms with E-state index >= 15 is 0 Å². The van der Waals surface area contributed by atoms with Crippen molar-refractivity contribution in [2.75, 3.05) is 13.1 Å². The Bertz CT molecular complexity index is 1400. The smallest absolute Gasteiger partial charge is 0.311 e. The topological polar surface area (TPSA) is 140 Å². The number of amidine groups is 1. The van der Waals surface area contributed by atoms with Gasteiger partial charge >= 0.3 is 5.97 Å². The summed E-state index contributed by atoms with van der Waals surface area (Å²) in [5.41, 5.74) is 9.63. The molecule has 0 bridgehead atoms. The van der Waals surface area contributed by atoms with Gasteiger partial charge in [0.25, 0.3) is 0 Å². The lowest BCUT2D eigenvalue weighted by atomic mass is 9.88. The van der Waals surface area contributed by atoms with Crippen LogP contribution in [0.1, 0.15) is 36.5 Å². The summed E-state index contributed by atoms with van der Waals surface area (Å²) < 4.78 is 29.6. The maximum Gasteiger partial charge on any atom is 0.311 e. The first-order valence-electron chi connectivity index (χ1n) is 12.1. The number of esters is 1. The van der Waals surface area contributed by atoms with Crippen LogP contribution in [0.25, 0.3) is 11.1 Å². The molecule has 37 heavy (non-hydrogen) atoms. The summed E-state index contributed by atoms with van der Waals surface area (Å²) in [6.45, 7) is 5.48. The molecule has 1 aliphatic rings. The summed E-state index contributed by atoms with van der Waals surface area (Å²) in [6, 6.07) is 21.8. The van der Waals surface area contributed by atoms with Crippen molar-refractivity contribution in [3.05, 3.63) is 89.5 Å². The summed E-state index contributed by atoms with van der Waals surface area (Å²) in [5, 5.41) is 13.2. The van der Waals surface area contributed by atoms with Gasteiger partial charge < -0.3 is 10.5 Å². The van der Waals surface area contributed by atoms with E-state index in [1.165, 1.54) is 6.07 Å². The Morgan fingerprint density at radius 1 is 1.05 bits per heavy atom. The van der Waals surface area contributed by atoms with Crippen molar-refractivity contribution in [3.8, 4) is 11.1 Å². The molecule has 9 heteroatoms. The van der Waals surface area contributed by atoms with Crippen LogP contribution in [0.15, 0.2) is 77.7 Å². The number of sulfonamides is 1. The van der Waals surface area contributed by atoms with Crippen LogP contribution in [0.3, 0.4) is 0 Å². The predicted molar refractivity (Wildman–Crippen MR) is 143 cm³/mol. The fraction of sp³-hybridized carbons (Fsp3) is 0.286. The second-order valence-electron chi connectivity index (χ2n) is 9.67. The van der Waals surface area contributed by atoms with Gasteiger partial charge in [0.15, 0.2) is 0 Å². The Hall–Kier alpha value is -3.53. The molecule has 0 unspecified atom stereocenters. The summed E-state index contributed by atoms with van der Waals surface area (Å²) in [7, 11) is -3.85. The van der Waals surface area contributed by atoms with Crippen LogP contribution in [-0.2, 0) is 26.1 Å². The predicted octanol–water partition coefficient (Wildman–Crippen LogP) is 3.45. The maximum absolute atomic E-state index is 13.0. The number of carbonyl (C=O) groups is 1. The van der Waals surface area contributed by atoms with Gasteiger partial charge in [-0.2, -0.15) is 0 Å². The zero-order chi connectivity index (χ0) is 26.7. The van der Waals surface area contributed by atoms with E-state index in [1.807, 2.05) is 56.3 Å². The van der Waals surface area contributed by atoms with Crippen molar-refractivity contribution in [3.63, 3.8) is 0 Å². The van der Waals surface area contributed by atoms with Gasteiger partial charge in [0.1, 0.15) is 5.84 Å². The second-order valence-corrected chi connectivity index (χ2v) is 11.2. The first-order valence-corrected chi connectivity index (χ1v) is 13.7. The van der Waals surface area contributed by atoms with Crippen molar-refractivity contribution < 1.29 is 17.9 Å². The molecule has 0 spiro atoms. The number of primary sulfonamides is 1. The molecule has 194 valence electrons. The third kappa shape index (κ3) is 6.25. The Labute approximate surface area is 217 Å². The molecule has 1 fully saturated rings. The highest BCUT2D eigenvalue weighted by Gasteiger charge is 2.39. The number of hydrogen-bond acceptors (Lipinski definition) is 6. The van der Waals surface area contributed by atoms with Crippen LogP contribution in [0.2, 0.25) is 0 Å². The number of rotatable bonds is 8. The average molecular weight is 521 g/mol. The van der Waals surface area contributed by atoms with E-state index in [9.17, 15) is 13.2 Å². The van der Waals surface area contributed by atoms with Gasteiger partial charge in [-0.1, -0.05) is 60.7 Å². The quantitative estimate of drug-likeness (QED) is 0.236. The highest BCUT2D eigenvalue weighted by atomic mass is 32.2. The van der Waals surface area contributed by atoms with E-state index in [0.29, 0.717) is 30.8 Å². The normalized spacial score (nSPS) is 18.2. The van der Waals surface area contributed by atoms with E-state index in [-0.39, 0.29) is 34.6 Å². The fourth-order valence-electron chi connectivity index (χ4n) is 4.85. The molecule has 0 aliphatic carbocycles. The summed E-state index contributed by atoms with van der Waals surface area (Å²) in [4.78, 5) is 15.3. The van der Waals surface area contributed by atoms with E-state index in [4.69, 9.17) is 21.0 Å². The second kappa shape index (κ2) is 10.8. The molecule has 1 heterocycles. The molecule has 0 radical (unpaired) electrons. The number of hydrogen-bond donors (Lipinski definition) is 3. The van der Waals surface area contributed by atoms with Gasteiger partial charge in [0.05, 0.1) is 16.9 Å². The van der Waals surface area contributed by atoms with E-state index in [2.05, 4.69) is 4.90 Å². The standard InChI is InChI=1S/C28H32N4O4S/c1-18(2)36-28(33)25-17-32(16-24(25)21-6-5-7-22(14-21)27(29)30)15-19-10-12-20(13-11-19)23-8-3-4-9-26(23)37(31,34)35/h3-14,18,24-25H,15-17H2,1-2H3,(H3,29,30)(H2,31,34,35)/t24-,25+/m1/s1. The molecular weight excluding hydrogens is 488 g/mol. The largest absolute Gasteiger partial charge is 0.463 e. The van der Waals surface area contributed by atoms with Crippen LogP contribution in [0.5, 0.6) is 0 Å². The summed E-state index contributed by atoms with van der Waals surface area (Å²) in [5.74, 6) is -0.676. The number of ether oxygens (including phenoxy) is 1. The molecular formula is C28H32N4O4S. The Balaban J connectivity index is 1.56. The lowest BCUT2D eigenvalue weighted by Crippen LogP contribution is -2.27. The minimum Gasteiger partial charge on any atom is -0.463 e.